The Kier molecular flexibility index (Phi) is 6.45. The molecular formula is C16H24OS2. The quantitative estimate of drug-likeness (QED) is 0.717. The van der Waals surface area contributed by atoms with Gasteiger partial charge < -0.3 is 4.74 Å². The van der Waals surface area contributed by atoms with Gasteiger partial charge in [0.05, 0.1) is 11.2 Å². The summed E-state index contributed by atoms with van der Waals surface area (Å²) in [4.78, 5) is 0. The largest absolute Gasteiger partial charge is 0.494 e. The van der Waals surface area contributed by atoms with E-state index in [1.54, 1.807) is 0 Å². The van der Waals surface area contributed by atoms with Gasteiger partial charge in [-0.05, 0) is 31.0 Å². The Morgan fingerprint density at radius 3 is 2.37 bits per heavy atom. The van der Waals surface area contributed by atoms with Gasteiger partial charge in [0.15, 0.2) is 0 Å². The lowest BCUT2D eigenvalue weighted by atomic mass is 10.0. The molecule has 1 nitrogen and oxygen atoms in total. The van der Waals surface area contributed by atoms with Crippen LogP contribution in [0, 0.1) is 0 Å². The predicted octanol–water partition coefficient (Wildman–Crippen LogP) is 5.17. The van der Waals surface area contributed by atoms with E-state index in [2.05, 4.69) is 54.7 Å². The van der Waals surface area contributed by atoms with Crippen molar-refractivity contribution < 1.29 is 4.74 Å². The third-order valence-electron chi connectivity index (χ3n) is 3.42. The van der Waals surface area contributed by atoms with E-state index in [1.807, 2.05) is 6.92 Å². The molecule has 0 atom stereocenters. The fourth-order valence-corrected chi connectivity index (χ4v) is 5.46. The van der Waals surface area contributed by atoms with Gasteiger partial charge in [-0.25, -0.2) is 0 Å². The van der Waals surface area contributed by atoms with Gasteiger partial charge in [0, 0.05) is 17.4 Å². The monoisotopic (exact) mass is 296 g/mol. The third kappa shape index (κ3) is 4.64. The number of thioether (sulfide) groups is 2. The van der Waals surface area contributed by atoms with Crippen LogP contribution in [0.3, 0.4) is 0 Å². The van der Waals surface area contributed by atoms with Gasteiger partial charge in [-0.3, -0.25) is 0 Å². The molecule has 1 heterocycles. The molecule has 19 heavy (non-hydrogen) atoms. The first kappa shape index (κ1) is 15.1. The van der Waals surface area contributed by atoms with Gasteiger partial charge in [0.2, 0.25) is 0 Å². The van der Waals surface area contributed by atoms with Crippen molar-refractivity contribution in [3.8, 4) is 5.75 Å². The highest BCUT2D eigenvalue weighted by atomic mass is 32.2. The summed E-state index contributed by atoms with van der Waals surface area (Å²) in [6.45, 7) is 5.05. The van der Waals surface area contributed by atoms with E-state index in [9.17, 15) is 0 Å². The van der Waals surface area contributed by atoms with E-state index >= 15 is 0 Å². The molecular weight excluding hydrogens is 272 g/mol. The summed E-state index contributed by atoms with van der Waals surface area (Å²) in [6, 6.07) is 8.70. The molecule has 0 radical (unpaired) electrons. The molecule has 0 amide bonds. The van der Waals surface area contributed by atoms with E-state index in [-0.39, 0.29) is 0 Å². The highest BCUT2D eigenvalue weighted by molar-refractivity contribution is 8.17. The van der Waals surface area contributed by atoms with Crippen LogP contribution in [-0.4, -0.2) is 22.7 Å². The smallest absolute Gasteiger partial charge is 0.119 e. The van der Waals surface area contributed by atoms with Crippen molar-refractivity contribution >= 4 is 23.5 Å². The molecule has 0 N–H and O–H groups in total. The minimum Gasteiger partial charge on any atom is -0.494 e. The number of hydrogen-bond donors (Lipinski definition) is 0. The Balaban J connectivity index is 1.83. The summed E-state index contributed by atoms with van der Waals surface area (Å²) in [5, 5.41) is 0. The average molecular weight is 297 g/mol. The van der Waals surface area contributed by atoms with Gasteiger partial charge in [-0.2, -0.15) is 0 Å². The van der Waals surface area contributed by atoms with Crippen molar-refractivity contribution in [3.63, 3.8) is 0 Å². The summed E-state index contributed by atoms with van der Waals surface area (Å²) in [5.74, 6) is 4.25. The van der Waals surface area contributed by atoms with Crippen molar-refractivity contribution in [1.82, 2.24) is 0 Å². The Bertz CT molecular complexity index is 356. The van der Waals surface area contributed by atoms with Crippen molar-refractivity contribution in [1.29, 1.82) is 0 Å². The molecule has 1 aromatic rings. The minimum atomic E-state index is 0.712. The fourth-order valence-electron chi connectivity index (χ4n) is 2.28. The number of unbranched alkanes of at least 4 members (excludes halogenated alkanes) is 1. The summed E-state index contributed by atoms with van der Waals surface area (Å²) in [6.07, 6.45) is 4.07. The highest BCUT2D eigenvalue weighted by Gasteiger charge is 2.22. The first-order valence-electron chi connectivity index (χ1n) is 7.29. The molecule has 0 unspecified atom stereocenters. The number of hydrogen-bond acceptors (Lipinski definition) is 3. The standard InChI is InChI=1S/C16H24OS2/c1-3-5-6-16-18-11-14(12-19-16)13-7-9-15(10-8-13)17-4-2/h7-10,14,16H,3-6,11-12H2,1-2H3. The van der Waals surface area contributed by atoms with Gasteiger partial charge in [-0.15, -0.1) is 23.5 Å². The van der Waals surface area contributed by atoms with Crippen LogP contribution in [0.25, 0.3) is 0 Å². The number of rotatable bonds is 6. The van der Waals surface area contributed by atoms with Crippen LogP contribution in [0.15, 0.2) is 24.3 Å². The molecule has 0 bridgehead atoms. The maximum Gasteiger partial charge on any atom is 0.119 e. The van der Waals surface area contributed by atoms with Crippen LogP contribution in [0.4, 0.5) is 0 Å². The molecule has 0 saturated carbocycles. The van der Waals surface area contributed by atoms with Crippen molar-refractivity contribution in [2.24, 2.45) is 0 Å². The summed E-state index contributed by atoms with van der Waals surface area (Å²) >= 11 is 4.30. The first-order chi connectivity index (χ1) is 9.33. The lowest BCUT2D eigenvalue weighted by Crippen LogP contribution is -2.16. The molecule has 1 fully saturated rings. The zero-order chi connectivity index (χ0) is 13.5. The molecule has 2 rings (SSSR count). The number of ether oxygens (including phenoxy) is 1. The molecule has 0 aliphatic carbocycles. The first-order valence-corrected chi connectivity index (χ1v) is 9.39. The second kappa shape index (κ2) is 8.11. The van der Waals surface area contributed by atoms with Gasteiger partial charge >= 0.3 is 0 Å². The lowest BCUT2D eigenvalue weighted by molar-refractivity contribution is 0.340. The van der Waals surface area contributed by atoms with Crippen molar-refractivity contribution in [2.45, 2.75) is 43.6 Å². The van der Waals surface area contributed by atoms with Crippen LogP contribution in [0.1, 0.15) is 44.6 Å². The molecule has 1 aliphatic heterocycles. The molecule has 1 aliphatic rings. The second-order valence-corrected chi connectivity index (χ2v) is 7.71. The SMILES string of the molecule is CCCCC1SCC(c2ccc(OCC)cc2)CS1. The van der Waals surface area contributed by atoms with E-state index in [1.165, 1.54) is 36.3 Å². The Hall–Kier alpha value is -0.280. The van der Waals surface area contributed by atoms with E-state index in [0.29, 0.717) is 5.92 Å². The predicted molar refractivity (Wildman–Crippen MR) is 88.6 cm³/mol. The van der Waals surface area contributed by atoms with Crippen LogP contribution in [-0.2, 0) is 0 Å². The Labute approximate surface area is 125 Å². The zero-order valence-electron chi connectivity index (χ0n) is 11.9. The van der Waals surface area contributed by atoms with Crippen LogP contribution < -0.4 is 4.74 Å². The van der Waals surface area contributed by atoms with Gasteiger partial charge in [-0.1, -0.05) is 31.9 Å². The van der Waals surface area contributed by atoms with E-state index < -0.39 is 0 Å². The topological polar surface area (TPSA) is 9.23 Å². The molecule has 1 aromatic carbocycles. The van der Waals surface area contributed by atoms with Crippen LogP contribution in [0.5, 0.6) is 5.75 Å². The van der Waals surface area contributed by atoms with Gasteiger partial charge in [0.1, 0.15) is 5.75 Å². The fraction of sp³-hybridized carbons (Fsp3) is 0.625. The van der Waals surface area contributed by atoms with Crippen molar-refractivity contribution in [2.75, 3.05) is 18.1 Å². The second-order valence-electron chi connectivity index (χ2n) is 4.94. The number of benzene rings is 1. The molecule has 0 aromatic heterocycles. The molecule has 3 heteroatoms. The molecule has 0 spiro atoms. The summed E-state index contributed by atoms with van der Waals surface area (Å²) < 4.78 is 6.33. The third-order valence-corrected chi connectivity index (χ3v) is 6.64. The zero-order valence-corrected chi connectivity index (χ0v) is 13.6. The summed E-state index contributed by atoms with van der Waals surface area (Å²) in [7, 11) is 0. The van der Waals surface area contributed by atoms with Crippen molar-refractivity contribution in [3.05, 3.63) is 29.8 Å². The van der Waals surface area contributed by atoms with E-state index in [4.69, 9.17) is 4.74 Å². The normalized spacial score (nSPS) is 23.3. The van der Waals surface area contributed by atoms with Crippen LogP contribution >= 0.6 is 23.5 Å². The van der Waals surface area contributed by atoms with Gasteiger partial charge in [0.25, 0.3) is 0 Å². The maximum absolute atomic E-state index is 5.50. The minimum absolute atomic E-state index is 0.712. The Morgan fingerprint density at radius 1 is 1.11 bits per heavy atom. The average Bonchev–Trinajstić information content (AvgIpc) is 2.47. The Morgan fingerprint density at radius 2 is 1.79 bits per heavy atom. The molecule has 106 valence electrons. The van der Waals surface area contributed by atoms with Crippen LogP contribution in [0.2, 0.25) is 0 Å². The van der Waals surface area contributed by atoms with E-state index in [0.717, 1.165) is 16.9 Å². The maximum atomic E-state index is 5.50. The highest BCUT2D eigenvalue weighted by Crippen LogP contribution is 2.40. The summed E-state index contributed by atoms with van der Waals surface area (Å²) in [5.41, 5.74) is 1.47. The lowest BCUT2D eigenvalue weighted by Gasteiger charge is -2.28. The molecule has 1 saturated heterocycles.